The molecule has 0 radical (unpaired) electrons. The Bertz CT molecular complexity index is 1480. The van der Waals surface area contributed by atoms with Gasteiger partial charge in [-0.25, -0.2) is 27.8 Å². The van der Waals surface area contributed by atoms with Crippen LogP contribution in [-0.4, -0.2) is 44.3 Å². The molecule has 2 aromatic carbocycles. The summed E-state index contributed by atoms with van der Waals surface area (Å²) in [5, 5.41) is 4.99. The highest BCUT2D eigenvalue weighted by Crippen LogP contribution is 2.37. The highest BCUT2D eigenvalue weighted by molar-refractivity contribution is 5.98. The number of nitrogens with zero attached hydrogens (tertiary/aromatic N) is 5. The van der Waals surface area contributed by atoms with Crippen LogP contribution in [0.25, 0.3) is 22.3 Å². The SMILES string of the molecule is C=CCN1CCC[C@@H](n2nc(-c3ccc(Oc4c(F)c(F)cc(F)c4F)cc3F)c3c(N)ncnc32)C1. The van der Waals surface area contributed by atoms with Crippen molar-refractivity contribution in [3.05, 3.63) is 72.3 Å². The first kappa shape index (κ1) is 24.6. The molecule has 0 spiro atoms. The number of benzene rings is 2. The number of likely N-dealkylation sites (tertiary alicyclic amines) is 1. The molecule has 192 valence electrons. The van der Waals surface area contributed by atoms with Gasteiger partial charge in [0.1, 0.15) is 29.4 Å². The number of anilines is 1. The Hall–Kier alpha value is -4.06. The quantitative estimate of drug-likeness (QED) is 0.210. The van der Waals surface area contributed by atoms with E-state index in [-0.39, 0.29) is 34.9 Å². The number of piperidine rings is 1. The van der Waals surface area contributed by atoms with Crippen LogP contribution in [-0.2, 0) is 0 Å². The minimum Gasteiger partial charge on any atom is -0.451 e. The number of nitrogen functional groups attached to an aromatic ring is 1. The van der Waals surface area contributed by atoms with E-state index < -0.39 is 34.8 Å². The first-order valence-electron chi connectivity index (χ1n) is 11.4. The molecule has 5 rings (SSSR count). The monoisotopic (exact) mass is 516 g/mol. The van der Waals surface area contributed by atoms with Gasteiger partial charge in [-0.15, -0.1) is 6.58 Å². The molecule has 0 aliphatic carbocycles. The first-order valence-corrected chi connectivity index (χ1v) is 11.4. The smallest absolute Gasteiger partial charge is 0.204 e. The summed E-state index contributed by atoms with van der Waals surface area (Å²) in [4.78, 5) is 10.6. The molecule has 2 N–H and O–H groups in total. The molecule has 1 aliphatic heterocycles. The summed E-state index contributed by atoms with van der Waals surface area (Å²) in [6, 6.07) is 3.28. The van der Waals surface area contributed by atoms with Crippen molar-refractivity contribution < 1.29 is 26.7 Å². The summed E-state index contributed by atoms with van der Waals surface area (Å²) < 4.78 is 77.0. The van der Waals surface area contributed by atoms with Crippen molar-refractivity contribution in [2.75, 3.05) is 25.4 Å². The van der Waals surface area contributed by atoms with Crippen LogP contribution in [0.4, 0.5) is 27.8 Å². The molecule has 1 fully saturated rings. The molecule has 37 heavy (non-hydrogen) atoms. The second-order valence-corrected chi connectivity index (χ2v) is 8.64. The zero-order valence-electron chi connectivity index (χ0n) is 19.4. The lowest BCUT2D eigenvalue weighted by Crippen LogP contribution is -2.37. The standard InChI is InChI=1S/C25H21F5N6O/c1-2-7-35-8-3-4-13(11-35)36-25-19(24(31)32-12-33-25)22(34-36)15-6-5-14(9-16(15)26)37-23-20(29)17(27)10-18(28)21(23)30/h2,5-6,9-10,12-13H,1,3-4,7-8,11H2,(H2,31,32,33)/t13-/m1/s1. The van der Waals surface area contributed by atoms with Crippen LogP contribution >= 0.6 is 0 Å². The van der Waals surface area contributed by atoms with Gasteiger partial charge in [-0.1, -0.05) is 6.08 Å². The van der Waals surface area contributed by atoms with Gasteiger partial charge in [0.25, 0.3) is 0 Å². The van der Waals surface area contributed by atoms with Crippen molar-refractivity contribution in [2.24, 2.45) is 0 Å². The predicted molar refractivity (Wildman–Crippen MR) is 126 cm³/mol. The van der Waals surface area contributed by atoms with Crippen molar-refractivity contribution in [3.8, 4) is 22.8 Å². The third kappa shape index (κ3) is 4.48. The van der Waals surface area contributed by atoms with Gasteiger partial charge in [0.2, 0.25) is 17.4 Å². The lowest BCUT2D eigenvalue weighted by atomic mass is 10.1. The van der Waals surface area contributed by atoms with Gasteiger partial charge < -0.3 is 10.5 Å². The minimum atomic E-state index is -1.74. The van der Waals surface area contributed by atoms with Crippen LogP contribution in [0.15, 0.2) is 43.2 Å². The van der Waals surface area contributed by atoms with Gasteiger partial charge in [0.15, 0.2) is 17.3 Å². The summed E-state index contributed by atoms with van der Waals surface area (Å²) in [6.07, 6.45) is 4.87. The van der Waals surface area contributed by atoms with Crippen LogP contribution in [0.5, 0.6) is 11.5 Å². The van der Waals surface area contributed by atoms with Crippen LogP contribution in [0.3, 0.4) is 0 Å². The van der Waals surface area contributed by atoms with E-state index in [1.165, 1.54) is 18.5 Å². The maximum atomic E-state index is 15.3. The maximum Gasteiger partial charge on any atom is 0.204 e. The highest BCUT2D eigenvalue weighted by atomic mass is 19.2. The molecule has 1 atom stereocenters. The fraction of sp³-hybridized carbons (Fsp3) is 0.240. The number of ether oxygens (including phenoxy) is 1. The molecule has 12 heteroatoms. The second-order valence-electron chi connectivity index (χ2n) is 8.64. The molecule has 7 nitrogen and oxygen atoms in total. The fourth-order valence-corrected chi connectivity index (χ4v) is 4.53. The van der Waals surface area contributed by atoms with E-state index in [0.717, 1.165) is 25.5 Å². The Morgan fingerprint density at radius 1 is 1.05 bits per heavy atom. The van der Waals surface area contributed by atoms with Gasteiger partial charge in [-0.3, -0.25) is 4.90 Å². The molecule has 1 saturated heterocycles. The summed E-state index contributed by atoms with van der Waals surface area (Å²) in [6.45, 7) is 6.10. The summed E-state index contributed by atoms with van der Waals surface area (Å²) >= 11 is 0. The lowest BCUT2D eigenvalue weighted by molar-refractivity contribution is 0.188. The number of nitrogens with two attached hydrogens (primary N) is 1. The molecule has 3 heterocycles. The summed E-state index contributed by atoms with van der Waals surface area (Å²) in [7, 11) is 0. The van der Waals surface area contributed by atoms with Crippen LogP contribution in [0.1, 0.15) is 18.9 Å². The number of aromatic nitrogens is 4. The van der Waals surface area contributed by atoms with Gasteiger partial charge in [-0.05, 0) is 31.5 Å². The van der Waals surface area contributed by atoms with Crippen molar-refractivity contribution in [2.45, 2.75) is 18.9 Å². The van der Waals surface area contributed by atoms with E-state index in [0.29, 0.717) is 24.1 Å². The van der Waals surface area contributed by atoms with Crippen LogP contribution < -0.4 is 10.5 Å². The van der Waals surface area contributed by atoms with E-state index >= 15 is 4.39 Å². The van der Waals surface area contributed by atoms with Gasteiger partial charge >= 0.3 is 0 Å². The number of rotatable bonds is 6. The molecule has 0 amide bonds. The third-order valence-electron chi connectivity index (χ3n) is 6.22. The van der Waals surface area contributed by atoms with Gasteiger partial charge in [0, 0.05) is 30.8 Å². The van der Waals surface area contributed by atoms with E-state index in [2.05, 4.69) is 26.5 Å². The molecule has 1 aliphatic rings. The van der Waals surface area contributed by atoms with Crippen molar-refractivity contribution in [3.63, 3.8) is 0 Å². The predicted octanol–water partition coefficient (Wildman–Crippen LogP) is 5.39. The Morgan fingerprint density at radius 3 is 2.51 bits per heavy atom. The molecule has 2 aromatic heterocycles. The first-order chi connectivity index (χ1) is 17.8. The Kier molecular flexibility index (Phi) is 6.50. The van der Waals surface area contributed by atoms with Gasteiger partial charge in [-0.2, -0.15) is 13.9 Å². The number of fused-ring (bicyclic) bond motifs is 1. The van der Waals surface area contributed by atoms with Crippen LogP contribution in [0.2, 0.25) is 0 Å². The molecular weight excluding hydrogens is 495 g/mol. The minimum absolute atomic E-state index is 0.00252. The average molecular weight is 516 g/mol. The molecule has 4 aromatic rings. The summed E-state index contributed by atoms with van der Waals surface area (Å²) in [5.74, 6) is -9.25. The Labute approximate surface area is 208 Å². The molecule has 0 saturated carbocycles. The lowest BCUT2D eigenvalue weighted by Gasteiger charge is -2.32. The Morgan fingerprint density at radius 2 is 1.81 bits per heavy atom. The maximum absolute atomic E-state index is 15.3. The zero-order valence-corrected chi connectivity index (χ0v) is 19.4. The van der Waals surface area contributed by atoms with E-state index in [1.54, 1.807) is 4.68 Å². The average Bonchev–Trinajstić information content (AvgIpc) is 3.27. The molecule has 0 bridgehead atoms. The van der Waals surface area contributed by atoms with Crippen LogP contribution in [0, 0.1) is 29.1 Å². The topological polar surface area (TPSA) is 82.1 Å². The molecular formula is C25H21F5N6O. The normalized spacial score (nSPS) is 16.3. The largest absolute Gasteiger partial charge is 0.451 e. The van der Waals surface area contributed by atoms with E-state index in [4.69, 9.17) is 10.5 Å². The fourth-order valence-electron chi connectivity index (χ4n) is 4.53. The number of hydrogen-bond acceptors (Lipinski definition) is 6. The highest BCUT2D eigenvalue weighted by Gasteiger charge is 2.27. The Balaban J connectivity index is 1.54. The van der Waals surface area contributed by atoms with E-state index in [1.807, 2.05) is 6.08 Å². The second kappa shape index (κ2) is 9.77. The third-order valence-corrected chi connectivity index (χ3v) is 6.22. The number of hydrogen-bond donors (Lipinski definition) is 1. The zero-order chi connectivity index (χ0) is 26.3. The molecule has 0 unspecified atom stereocenters. The van der Waals surface area contributed by atoms with Crippen molar-refractivity contribution in [1.82, 2.24) is 24.6 Å². The van der Waals surface area contributed by atoms with Gasteiger partial charge in [0.05, 0.1) is 11.4 Å². The summed E-state index contributed by atoms with van der Waals surface area (Å²) in [5.41, 5.74) is 6.74. The van der Waals surface area contributed by atoms with Crippen molar-refractivity contribution in [1.29, 1.82) is 0 Å². The number of halogens is 5. The van der Waals surface area contributed by atoms with Crippen molar-refractivity contribution >= 4 is 16.9 Å². The van der Waals surface area contributed by atoms with E-state index in [9.17, 15) is 17.6 Å².